The maximum Gasteiger partial charge on any atom is 0.109 e. The summed E-state index contributed by atoms with van der Waals surface area (Å²) in [7, 11) is 0. The molecule has 1 aromatic heterocycles. The van der Waals surface area contributed by atoms with E-state index in [9.17, 15) is 0 Å². The first kappa shape index (κ1) is 8.40. The van der Waals surface area contributed by atoms with Crippen molar-refractivity contribution in [3.05, 3.63) is 23.7 Å². The van der Waals surface area contributed by atoms with Crippen LogP contribution in [0.3, 0.4) is 0 Å². The lowest BCUT2D eigenvalue weighted by molar-refractivity contribution is 0.317. The number of furan rings is 1. The lowest BCUT2D eigenvalue weighted by Crippen LogP contribution is -2.33. The molecule has 1 N–H and O–H groups in total. The van der Waals surface area contributed by atoms with Crippen LogP contribution in [0, 0.1) is 17.8 Å². The summed E-state index contributed by atoms with van der Waals surface area (Å²) in [4.78, 5) is 0. The third kappa shape index (κ3) is 1.21. The van der Waals surface area contributed by atoms with Crippen LogP contribution in [-0.4, -0.2) is 6.54 Å². The molecule has 15 heavy (non-hydrogen) atoms. The third-order valence-electron chi connectivity index (χ3n) is 4.58. The molecule has 1 aromatic rings. The van der Waals surface area contributed by atoms with E-state index < -0.39 is 0 Å². The lowest BCUT2D eigenvalue weighted by atomic mass is 9.87. The Morgan fingerprint density at radius 1 is 1.13 bits per heavy atom. The van der Waals surface area contributed by atoms with E-state index in [2.05, 4.69) is 11.4 Å². The minimum atomic E-state index is 0.597. The van der Waals surface area contributed by atoms with Crippen LogP contribution < -0.4 is 5.32 Å². The smallest absolute Gasteiger partial charge is 0.109 e. The zero-order valence-corrected chi connectivity index (χ0v) is 8.91. The van der Waals surface area contributed by atoms with Crippen molar-refractivity contribution in [2.24, 2.45) is 17.8 Å². The molecule has 1 aliphatic heterocycles. The van der Waals surface area contributed by atoms with Gasteiger partial charge in [-0.05, 0) is 43.1 Å². The van der Waals surface area contributed by atoms with Crippen molar-refractivity contribution in [1.29, 1.82) is 0 Å². The van der Waals surface area contributed by atoms with E-state index in [0.29, 0.717) is 6.04 Å². The average molecular weight is 203 g/mol. The maximum atomic E-state index is 5.54. The van der Waals surface area contributed by atoms with E-state index in [0.717, 1.165) is 30.7 Å². The van der Waals surface area contributed by atoms with Crippen molar-refractivity contribution < 1.29 is 4.42 Å². The van der Waals surface area contributed by atoms with Gasteiger partial charge in [-0.2, -0.15) is 0 Å². The SMILES string of the molecule is c1cc2c(o1)CCNC2C1CC2CC2C1. The van der Waals surface area contributed by atoms with Gasteiger partial charge in [0, 0.05) is 24.6 Å². The Morgan fingerprint density at radius 2 is 1.93 bits per heavy atom. The van der Waals surface area contributed by atoms with E-state index in [1.165, 1.54) is 30.6 Å². The van der Waals surface area contributed by atoms with Crippen LogP contribution in [0.5, 0.6) is 0 Å². The molecule has 2 aliphatic carbocycles. The Labute approximate surface area is 90.0 Å². The molecule has 2 heteroatoms. The summed E-state index contributed by atoms with van der Waals surface area (Å²) in [5.74, 6) is 4.27. The van der Waals surface area contributed by atoms with Crippen LogP contribution in [0.25, 0.3) is 0 Å². The molecular formula is C13H17NO. The summed E-state index contributed by atoms with van der Waals surface area (Å²) < 4.78 is 5.54. The van der Waals surface area contributed by atoms with Gasteiger partial charge in [-0.1, -0.05) is 0 Å². The normalized spacial score (nSPS) is 42.4. The maximum absolute atomic E-state index is 5.54. The number of hydrogen-bond acceptors (Lipinski definition) is 2. The van der Waals surface area contributed by atoms with E-state index in [1.807, 2.05) is 6.26 Å². The Morgan fingerprint density at radius 3 is 2.80 bits per heavy atom. The fourth-order valence-corrected chi connectivity index (χ4v) is 3.74. The molecule has 2 heterocycles. The summed E-state index contributed by atoms with van der Waals surface area (Å²) in [5.41, 5.74) is 1.45. The van der Waals surface area contributed by atoms with Crippen molar-refractivity contribution >= 4 is 0 Å². The zero-order valence-electron chi connectivity index (χ0n) is 8.91. The lowest BCUT2D eigenvalue weighted by Gasteiger charge is -2.29. The minimum Gasteiger partial charge on any atom is -0.469 e. The molecular weight excluding hydrogens is 186 g/mol. The van der Waals surface area contributed by atoms with Gasteiger partial charge < -0.3 is 9.73 Å². The molecule has 80 valence electrons. The molecule has 0 radical (unpaired) electrons. The molecule has 2 fully saturated rings. The van der Waals surface area contributed by atoms with Gasteiger partial charge >= 0.3 is 0 Å². The summed E-state index contributed by atoms with van der Waals surface area (Å²) in [6, 6.07) is 2.77. The highest BCUT2D eigenvalue weighted by atomic mass is 16.3. The average Bonchev–Trinajstić information content (AvgIpc) is 2.72. The largest absolute Gasteiger partial charge is 0.469 e. The van der Waals surface area contributed by atoms with Gasteiger partial charge in [-0.15, -0.1) is 0 Å². The number of hydrogen-bond donors (Lipinski definition) is 1. The first-order valence-corrected chi connectivity index (χ1v) is 6.21. The Hall–Kier alpha value is -0.760. The Bertz CT molecular complexity index is 374. The molecule has 3 atom stereocenters. The molecule has 2 saturated carbocycles. The summed E-state index contributed by atoms with van der Waals surface area (Å²) in [6.45, 7) is 1.09. The Balaban J connectivity index is 1.62. The van der Waals surface area contributed by atoms with Crippen molar-refractivity contribution in [3.8, 4) is 0 Å². The predicted octanol–water partition coefficient (Wildman–Crippen LogP) is 2.51. The van der Waals surface area contributed by atoms with Crippen LogP contribution in [0.4, 0.5) is 0 Å². The third-order valence-corrected chi connectivity index (χ3v) is 4.58. The highest BCUT2D eigenvalue weighted by Crippen LogP contribution is 2.57. The van der Waals surface area contributed by atoms with E-state index >= 15 is 0 Å². The standard InChI is InChI=1S/C13H17NO/c1-3-14-13(11-2-4-15-12(1)11)10-6-8-5-9(8)7-10/h2,4,8-10,13-14H,1,3,5-7H2. The second-order valence-electron chi connectivity index (χ2n) is 5.47. The van der Waals surface area contributed by atoms with Gasteiger partial charge in [0.25, 0.3) is 0 Å². The van der Waals surface area contributed by atoms with Gasteiger partial charge in [-0.3, -0.25) is 0 Å². The van der Waals surface area contributed by atoms with Gasteiger partial charge in [-0.25, -0.2) is 0 Å². The minimum absolute atomic E-state index is 0.597. The molecule has 4 rings (SSSR count). The van der Waals surface area contributed by atoms with Crippen LogP contribution in [-0.2, 0) is 6.42 Å². The molecule has 3 unspecified atom stereocenters. The summed E-state index contributed by atoms with van der Waals surface area (Å²) in [6.07, 6.45) is 7.35. The molecule has 0 bridgehead atoms. The zero-order chi connectivity index (χ0) is 9.83. The van der Waals surface area contributed by atoms with Crippen LogP contribution in [0.2, 0.25) is 0 Å². The van der Waals surface area contributed by atoms with Crippen LogP contribution >= 0.6 is 0 Å². The second kappa shape index (κ2) is 2.88. The molecule has 3 aliphatic rings. The van der Waals surface area contributed by atoms with Gasteiger partial charge in [0.2, 0.25) is 0 Å². The van der Waals surface area contributed by atoms with Crippen molar-refractivity contribution in [3.63, 3.8) is 0 Å². The second-order valence-corrected chi connectivity index (χ2v) is 5.47. The topological polar surface area (TPSA) is 25.2 Å². The van der Waals surface area contributed by atoms with Crippen LogP contribution in [0.1, 0.15) is 36.6 Å². The van der Waals surface area contributed by atoms with Crippen molar-refractivity contribution in [2.75, 3.05) is 6.54 Å². The molecule has 0 amide bonds. The van der Waals surface area contributed by atoms with E-state index in [4.69, 9.17) is 4.42 Å². The van der Waals surface area contributed by atoms with E-state index in [-0.39, 0.29) is 0 Å². The fraction of sp³-hybridized carbons (Fsp3) is 0.692. The monoisotopic (exact) mass is 203 g/mol. The number of fused-ring (bicyclic) bond motifs is 2. The first-order chi connectivity index (χ1) is 7.42. The molecule has 0 aromatic carbocycles. The molecule has 2 nitrogen and oxygen atoms in total. The highest BCUT2D eigenvalue weighted by molar-refractivity contribution is 5.26. The fourth-order valence-electron chi connectivity index (χ4n) is 3.74. The number of nitrogens with one attached hydrogen (secondary N) is 1. The Kier molecular flexibility index (Phi) is 1.61. The predicted molar refractivity (Wildman–Crippen MR) is 57.5 cm³/mol. The van der Waals surface area contributed by atoms with Crippen molar-refractivity contribution in [2.45, 2.75) is 31.7 Å². The number of rotatable bonds is 1. The van der Waals surface area contributed by atoms with Gasteiger partial charge in [0.05, 0.1) is 6.26 Å². The van der Waals surface area contributed by atoms with Gasteiger partial charge in [0.15, 0.2) is 0 Å². The van der Waals surface area contributed by atoms with Gasteiger partial charge in [0.1, 0.15) is 5.76 Å². The quantitative estimate of drug-likeness (QED) is 0.758. The molecule has 0 spiro atoms. The molecule has 0 saturated heterocycles. The highest BCUT2D eigenvalue weighted by Gasteiger charge is 2.48. The van der Waals surface area contributed by atoms with E-state index in [1.54, 1.807) is 0 Å². The van der Waals surface area contributed by atoms with Crippen molar-refractivity contribution in [1.82, 2.24) is 5.32 Å². The first-order valence-electron chi connectivity index (χ1n) is 6.21. The van der Waals surface area contributed by atoms with Crippen LogP contribution in [0.15, 0.2) is 16.7 Å². The summed E-state index contributed by atoms with van der Waals surface area (Å²) in [5, 5.41) is 3.68. The summed E-state index contributed by atoms with van der Waals surface area (Å²) >= 11 is 0.